The summed E-state index contributed by atoms with van der Waals surface area (Å²) in [5.41, 5.74) is 1.30. The number of carbonyl (C=O) groups is 2. The van der Waals surface area contributed by atoms with Crippen molar-refractivity contribution >= 4 is 71.9 Å². The Hall–Kier alpha value is -2.53. The standard InChI is InChI=1S/C28H30N6O10S3.2Na/c1-4-33(13-12-29-46(3,39)40)21-10-11-24(18(2)14-21)30-25-26(32-34(28(25)36)20-8-6-5-7-9-20)31-27(35)19-15-22(44-45(37)38)17-23(16-19)47(41,42)43;;/h5-11,14-17,29H,4,12-13H2,1-3H3,(H,37,38)(H,31,32,35)(H,41,42,43);;/q;2*+1/p-2. The van der Waals surface area contributed by atoms with Crippen molar-refractivity contribution in [3.63, 3.8) is 0 Å². The van der Waals surface area contributed by atoms with E-state index >= 15 is 0 Å². The Morgan fingerprint density at radius 2 is 1.73 bits per heavy atom. The largest absolute Gasteiger partial charge is 1.00 e. The van der Waals surface area contributed by atoms with E-state index in [1.807, 2.05) is 11.8 Å². The third-order valence-corrected chi connectivity index (χ3v) is 8.42. The molecule has 3 aromatic carbocycles. The summed E-state index contributed by atoms with van der Waals surface area (Å²) in [5.74, 6) is -2.70. The molecule has 0 bridgehead atoms. The van der Waals surface area contributed by atoms with E-state index in [-0.39, 0.29) is 77.2 Å². The summed E-state index contributed by atoms with van der Waals surface area (Å²) < 4.78 is 86.9. The Kier molecular flexibility index (Phi) is 15.8. The monoisotopic (exact) mass is 750 g/mol. The van der Waals surface area contributed by atoms with Crippen LogP contribution in [0.2, 0.25) is 0 Å². The molecule has 2 N–H and O–H groups in total. The Labute approximate surface area is 330 Å². The number of amides is 2. The SMILES string of the molecule is CCN(CCNS(C)(=O)=O)c1ccc(N=C2C(=O)N(c3ccccc3)N=C2NC(=O)c2cc(OS(=O)[O-])cc(S(=O)(=O)[O-])c2)c(C)c1.[Na+].[Na+]. The van der Waals surface area contributed by atoms with Crippen LogP contribution in [0.3, 0.4) is 0 Å². The topological polar surface area (TPSA) is 230 Å². The maximum Gasteiger partial charge on any atom is 1.00 e. The molecule has 0 aromatic heterocycles. The minimum atomic E-state index is -5.14. The minimum absolute atomic E-state index is 0. The van der Waals surface area contributed by atoms with Gasteiger partial charge in [-0.15, -0.1) is 5.10 Å². The van der Waals surface area contributed by atoms with Gasteiger partial charge in [-0.2, -0.15) is 5.01 Å². The van der Waals surface area contributed by atoms with Gasteiger partial charge >= 0.3 is 65.0 Å². The average Bonchev–Trinajstić information content (AvgIpc) is 3.29. The zero-order valence-corrected chi connectivity index (χ0v) is 33.5. The number of sulfonamides is 1. The molecule has 0 spiro atoms. The molecular weight excluding hydrogens is 723 g/mol. The van der Waals surface area contributed by atoms with Crippen LogP contribution in [0.5, 0.6) is 5.75 Å². The van der Waals surface area contributed by atoms with Crippen molar-refractivity contribution in [2.75, 3.05) is 35.8 Å². The third kappa shape index (κ3) is 11.8. The molecule has 1 heterocycles. The molecule has 21 heteroatoms. The molecule has 1 unspecified atom stereocenters. The first-order chi connectivity index (χ1) is 22.1. The van der Waals surface area contributed by atoms with Crippen LogP contribution in [-0.4, -0.2) is 79.4 Å². The van der Waals surface area contributed by atoms with Crippen molar-refractivity contribution in [3.8, 4) is 5.75 Å². The van der Waals surface area contributed by atoms with Gasteiger partial charge in [0.1, 0.15) is 27.2 Å². The molecule has 2 amide bonds. The fourth-order valence-corrected chi connectivity index (χ4v) is 5.64. The second-order valence-corrected chi connectivity index (χ2v) is 13.8. The van der Waals surface area contributed by atoms with Crippen LogP contribution in [0, 0.1) is 6.92 Å². The van der Waals surface area contributed by atoms with Gasteiger partial charge in [0.25, 0.3) is 5.91 Å². The summed E-state index contributed by atoms with van der Waals surface area (Å²) in [7, 11) is -8.50. The van der Waals surface area contributed by atoms with Crippen LogP contribution in [-0.2, 0) is 36.3 Å². The Morgan fingerprint density at radius 3 is 2.31 bits per heavy atom. The van der Waals surface area contributed by atoms with Gasteiger partial charge in [-0.3, -0.25) is 9.59 Å². The van der Waals surface area contributed by atoms with E-state index in [1.165, 1.54) is 0 Å². The van der Waals surface area contributed by atoms with Crippen molar-refractivity contribution in [1.29, 1.82) is 0 Å². The predicted molar refractivity (Wildman–Crippen MR) is 172 cm³/mol. The second-order valence-electron chi connectivity index (χ2n) is 9.97. The van der Waals surface area contributed by atoms with E-state index in [0.29, 0.717) is 36.1 Å². The molecular formula is C28H28N6Na2O10S3. The number of amidine groups is 1. The number of likely N-dealkylation sites (N-methyl/N-ethyl adjacent to an activating group) is 1. The Bertz CT molecular complexity index is 2010. The first kappa shape index (κ1) is 42.6. The summed E-state index contributed by atoms with van der Waals surface area (Å²) in [5, 5.41) is 7.63. The fraction of sp³-hybridized carbons (Fsp3) is 0.214. The molecule has 250 valence electrons. The smallest absolute Gasteiger partial charge is 0.744 e. The number of nitrogens with one attached hydrogen (secondary N) is 2. The number of para-hydroxylation sites is 1. The van der Waals surface area contributed by atoms with Crippen LogP contribution >= 0.6 is 0 Å². The molecule has 0 aliphatic carbocycles. The summed E-state index contributed by atoms with van der Waals surface area (Å²) in [6.45, 7) is 4.79. The van der Waals surface area contributed by atoms with Gasteiger partial charge in [0.2, 0.25) is 10.0 Å². The third-order valence-electron chi connectivity index (χ3n) is 6.55. The number of benzene rings is 3. The maximum atomic E-state index is 13.6. The number of hydrogen-bond donors (Lipinski definition) is 2. The molecule has 1 atom stereocenters. The van der Waals surface area contributed by atoms with Gasteiger partial charge in [0.05, 0.1) is 22.5 Å². The first-order valence-electron chi connectivity index (χ1n) is 13.6. The first-order valence-corrected chi connectivity index (χ1v) is 17.9. The van der Waals surface area contributed by atoms with E-state index in [0.717, 1.165) is 29.1 Å². The van der Waals surface area contributed by atoms with Crippen LogP contribution in [0.25, 0.3) is 0 Å². The van der Waals surface area contributed by atoms with Crippen molar-refractivity contribution in [1.82, 2.24) is 10.0 Å². The van der Waals surface area contributed by atoms with E-state index in [4.69, 9.17) is 0 Å². The number of aryl methyl sites for hydroxylation is 1. The number of hydrogen-bond acceptors (Lipinski definition) is 13. The summed E-state index contributed by atoms with van der Waals surface area (Å²) in [4.78, 5) is 32.4. The van der Waals surface area contributed by atoms with Gasteiger partial charge in [0, 0.05) is 30.9 Å². The molecule has 0 saturated heterocycles. The number of hydrazone groups is 1. The Morgan fingerprint density at radius 1 is 1.06 bits per heavy atom. The zero-order valence-electron chi connectivity index (χ0n) is 27.1. The van der Waals surface area contributed by atoms with Crippen LogP contribution < -0.4 is 83.2 Å². The van der Waals surface area contributed by atoms with Crippen molar-refractivity contribution in [2.24, 2.45) is 10.1 Å². The van der Waals surface area contributed by atoms with Gasteiger partial charge in [-0.25, -0.2) is 30.8 Å². The zero-order chi connectivity index (χ0) is 34.5. The molecule has 1 aliphatic heterocycles. The molecule has 1 aliphatic rings. The van der Waals surface area contributed by atoms with Gasteiger partial charge < -0.3 is 23.5 Å². The van der Waals surface area contributed by atoms with Crippen LogP contribution in [0.1, 0.15) is 22.8 Å². The van der Waals surface area contributed by atoms with Crippen LogP contribution in [0.4, 0.5) is 17.1 Å². The number of nitrogens with zero attached hydrogens (tertiary/aromatic N) is 4. The molecule has 49 heavy (non-hydrogen) atoms. The normalized spacial score (nSPS) is 14.4. The molecule has 0 radical (unpaired) electrons. The number of aliphatic imine (C=N–C) groups is 1. The number of rotatable bonds is 12. The molecule has 16 nitrogen and oxygen atoms in total. The molecule has 0 fully saturated rings. The van der Waals surface area contributed by atoms with Crippen molar-refractivity contribution in [2.45, 2.75) is 18.7 Å². The maximum absolute atomic E-state index is 13.6. The van der Waals surface area contributed by atoms with E-state index < -0.39 is 59.5 Å². The summed E-state index contributed by atoms with van der Waals surface area (Å²) >= 11 is -3.15. The van der Waals surface area contributed by atoms with E-state index in [2.05, 4.69) is 24.3 Å². The fourth-order valence-electron chi connectivity index (χ4n) is 4.40. The predicted octanol–water partition coefficient (Wildman–Crippen LogP) is -4.68. The van der Waals surface area contributed by atoms with Crippen LogP contribution in [0.15, 0.2) is 81.7 Å². The quantitative estimate of drug-likeness (QED) is 0.102. The molecule has 4 rings (SSSR count). The summed E-state index contributed by atoms with van der Waals surface area (Å²) in [6, 6.07) is 15.6. The summed E-state index contributed by atoms with van der Waals surface area (Å²) in [6.07, 6.45) is 1.07. The van der Waals surface area contributed by atoms with Crippen molar-refractivity contribution in [3.05, 3.63) is 77.9 Å². The van der Waals surface area contributed by atoms with Gasteiger partial charge in [0.15, 0.2) is 11.5 Å². The van der Waals surface area contributed by atoms with Gasteiger partial charge in [-0.05, 0) is 67.9 Å². The van der Waals surface area contributed by atoms with E-state index in [9.17, 15) is 39.7 Å². The number of carbonyl (C=O) groups excluding carboxylic acids is 2. The molecule has 3 aromatic rings. The average molecular weight is 751 g/mol. The minimum Gasteiger partial charge on any atom is -0.744 e. The second kappa shape index (κ2) is 18.1. The number of anilines is 2. The molecule has 0 saturated carbocycles. The Balaban J connectivity index is 0.00000417. The van der Waals surface area contributed by atoms with Gasteiger partial charge in [-0.1, -0.05) is 18.2 Å². The van der Waals surface area contributed by atoms with E-state index in [1.54, 1.807) is 55.5 Å². The van der Waals surface area contributed by atoms with Crippen molar-refractivity contribution < 1.29 is 103 Å².